The van der Waals surface area contributed by atoms with Gasteiger partial charge in [-0.05, 0) is 12.5 Å². The van der Waals surface area contributed by atoms with E-state index in [4.69, 9.17) is 9.73 Å². The van der Waals surface area contributed by atoms with E-state index in [1.165, 1.54) is 6.07 Å². The molecule has 3 nitrogen and oxygen atoms in total. The summed E-state index contributed by atoms with van der Waals surface area (Å²) in [5.41, 5.74) is 0.525. The van der Waals surface area contributed by atoms with Crippen LogP contribution < -0.4 is 0 Å². The Morgan fingerprint density at radius 1 is 1.22 bits per heavy atom. The first-order chi connectivity index (χ1) is 13.1. The number of rotatable bonds is 5. The van der Waals surface area contributed by atoms with E-state index >= 15 is 0 Å². The lowest BCUT2D eigenvalue weighted by Crippen LogP contribution is -2.41. The van der Waals surface area contributed by atoms with Gasteiger partial charge in [0.1, 0.15) is 11.4 Å². The third-order valence-electron chi connectivity index (χ3n) is 5.48. The summed E-state index contributed by atoms with van der Waals surface area (Å²) in [6.07, 6.45) is 1.18. The lowest BCUT2D eigenvalue weighted by Gasteiger charge is -2.36. The van der Waals surface area contributed by atoms with E-state index in [0.717, 1.165) is 17.2 Å². The van der Waals surface area contributed by atoms with Crippen molar-refractivity contribution in [1.29, 1.82) is 0 Å². The summed E-state index contributed by atoms with van der Waals surface area (Å²) in [7, 11) is 0. The summed E-state index contributed by atoms with van der Waals surface area (Å²) in [5, 5.41) is 0.767. The first-order valence-corrected chi connectivity index (χ1v) is 10.3. The van der Waals surface area contributed by atoms with Gasteiger partial charge < -0.3 is 4.74 Å². The number of benzene rings is 2. The lowest BCUT2D eigenvalue weighted by atomic mass is 9.78. The average molecular weight is 383 g/mol. The molecule has 0 spiro atoms. The van der Waals surface area contributed by atoms with Gasteiger partial charge in [0.25, 0.3) is 0 Å². The molecule has 2 aromatic rings. The van der Waals surface area contributed by atoms with Crippen molar-refractivity contribution < 1.29 is 13.9 Å². The average Bonchev–Trinajstić information content (AvgIpc) is 3.07. The zero-order chi connectivity index (χ0) is 18.9. The van der Waals surface area contributed by atoms with Gasteiger partial charge in [0.05, 0.1) is 24.2 Å². The van der Waals surface area contributed by atoms with E-state index < -0.39 is 5.54 Å². The molecule has 0 amide bonds. The predicted molar refractivity (Wildman–Crippen MR) is 107 cm³/mol. The van der Waals surface area contributed by atoms with E-state index in [1.54, 1.807) is 23.9 Å². The quantitative estimate of drug-likeness (QED) is 0.692. The van der Waals surface area contributed by atoms with E-state index in [0.29, 0.717) is 17.7 Å². The van der Waals surface area contributed by atoms with Crippen molar-refractivity contribution in [3.63, 3.8) is 0 Å². The summed E-state index contributed by atoms with van der Waals surface area (Å²) >= 11 is 1.61. The highest BCUT2D eigenvalue weighted by atomic mass is 32.2. The zero-order valence-electron chi connectivity index (χ0n) is 15.2. The van der Waals surface area contributed by atoms with Crippen LogP contribution in [0.2, 0.25) is 0 Å². The van der Waals surface area contributed by atoms with Gasteiger partial charge in [0.15, 0.2) is 5.78 Å². The maximum Gasteiger partial charge on any atom is 0.169 e. The Morgan fingerprint density at radius 3 is 2.70 bits per heavy atom. The third kappa shape index (κ3) is 3.34. The Morgan fingerprint density at radius 2 is 1.96 bits per heavy atom. The number of carbonyl (C=O) groups excluding carboxylic acids is 1. The first-order valence-electron chi connectivity index (χ1n) is 9.30. The van der Waals surface area contributed by atoms with Crippen molar-refractivity contribution in [2.24, 2.45) is 10.9 Å². The minimum atomic E-state index is -0.733. The molecule has 0 aromatic heterocycles. The van der Waals surface area contributed by atoms with Crippen molar-refractivity contribution in [2.45, 2.75) is 31.4 Å². The molecule has 4 rings (SSSR count). The molecule has 27 heavy (non-hydrogen) atoms. The van der Waals surface area contributed by atoms with Crippen LogP contribution in [0.15, 0.2) is 59.6 Å². The van der Waals surface area contributed by atoms with Crippen LogP contribution in [0.3, 0.4) is 0 Å². The number of halogens is 1. The molecule has 0 saturated carbocycles. The predicted octanol–water partition coefficient (Wildman–Crippen LogP) is 4.86. The summed E-state index contributed by atoms with van der Waals surface area (Å²) in [4.78, 5) is 17.6. The Balaban J connectivity index is 1.70. The van der Waals surface area contributed by atoms with Crippen LogP contribution in [0.5, 0.6) is 0 Å². The molecule has 2 aromatic carbocycles. The van der Waals surface area contributed by atoms with Crippen LogP contribution in [0, 0.1) is 11.7 Å². The molecule has 1 saturated heterocycles. The number of ether oxygens (including phenoxy) is 1. The van der Waals surface area contributed by atoms with Crippen LogP contribution in [-0.4, -0.2) is 29.3 Å². The molecular weight excluding hydrogens is 361 g/mol. The van der Waals surface area contributed by atoms with Crippen molar-refractivity contribution >= 4 is 22.6 Å². The molecule has 1 fully saturated rings. The van der Waals surface area contributed by atoms with Crippen LogP contribution in [-0.2, 0) is 10.3 Å². The normalized spacial score (nSPS) is 27.1. The molecule has 140 valence electrons. The number of aliphatic imine (C=N–C) groups is 1. The number of Topliss-reactive ketones (excluding diaryl/α,β-unsaturated/α-hetero) is 1. The minimum Gasteiger partial charge on any atom is -0.375 e. The number of hydrogen-bond acceptors (Lipinski definition) is 4. The summed E-state index contributed by atoms with van der Waals surface area (Å²) in [6, 6.07) is 16.1. The molecule has 0 N–H and O–H groups in total. The maximum absolute atomic E-state index is 14.7. The monoisotopic (exact) mass is 383 g/mol. The standard InChI is InChI=1S/C22H22FNO2S/c1-2-20-17-13-27-21(12-19(25)15-8-4-3-5-9-15)24-22(17,14-26-20)16-10-6-7-11-18(16)23/h3-11,17,20H,2,12-14H2,1H3/t17-,20-,22-/m1/s1. The molecule has 2 aliphatic heterocycles. The Kier molecular flexibility index (Phi) is 5.15. The van der Waals surface area contributed by atoms with Crippen molar-refractivity contribution in [3.05, 3.63) is 71.5 Å². The number of carbonyl (C=O) groups is 1. The van der Waals surface area contributed by atoms with Gasteiger partial charge in [-0.15, -0.1) is 11.8 Å². The second kappa shape index (κ2) is 7.56. The van der Waals surface area contributed by atoms with Gasteiger partial charge in [-0.3, -0.25) is 9.79 Å². The smallest absolute Gasteiger partial charge is 0.169 e. The van der Waals surface area contributed by atoms with Gasteiger partial charge in [0.2, 0.25) is 0 Å². The highest BCUT2D eigenvalue weighted by Crippen LogP contribution is 2.49. The molecular formula is C22H22FNO2S. The first kappa shape index (κ1) is 18.4. The molecule has 0 unspecified atom stereocenters. The number of hydrogen-bond donors (Lipinski definition) is 0. The zero-order valence-corrected chi connectivity index (χ0v) is 16.0. The van der Waals surface area contributed by atoms with Crippen molar-refractivity contribution in [2.75, 3.05) is 12.4 Å². The SMILES string of the molecule is CC[C@H]1OC[C@]2(c3ccccc3F)N=C(CC(=O)c3ccccc3)SC[C@H]12. The van der Waals surface area contributed by atoms with Gasteiger partial charge in [-0.1, -0.05) is 55.5 Å². The highest BCUT2D eigenvalue weighted by Gasteiger charge is 2.53. The summed E-state index contributed by atoms with van der Waals surface area (Å²) in [5.74, 6) is 0.676. The van der Waals surface area contributed by atoms with Gasteiger partial charge in [-0.25, -0.2) is 4.39 Å². The van der Waals surface area contributed by atoms with Crippen LogP contribution in [0.25, 0.3) is 0 Å². The summed E-state index contributed by atoms with van der Waals surface area (Å²) < 4.78 is 20.7. The van der Waals surface area contributed by atoms with Gasteiger partial charge in [0, 0.05) is 22.8 Å². The number of nitrogens with zero attached hydrogens (tertiary/aromatic N) is 1. The molecule has 3 atom stereocenters. The number of thioether (sulfide) groups is 1. The second-order valence-corrected chi connectivity index (χ2v) is 8.14. The van der Waals surface area contributed by atoms with Crippen LogP contribution in [0.4, 0.5) is 4.39 Å². The van der Waals surface area contributed by atoms with E-state index in [-0.39, 0.29) is 30.0 Å². The molecule has 0 aliphatic carbocycles. The van der Waals surface area contributed by atoms with Gasteiger partial charge in [-0.2, -0.15) is 0 Å². The molecule has 0 radical (unpaired) electrons. The van der Waals surface area contributed by atoms with E-state index in [9.17, 15) is 9.18 Å². The Labute approximate surface area is 163 Å². The van der Waals surface area contributed by atoms with Crippen LogP contribution >= 0.6 is 11.8 Å². The third-order valence-corrected chi connectivity index (χ3v) is 6.58. The van der Waals surface area contributed by atoms with E-state index in [1.807, 2.05) is 36.4 Å². The van der Waals surface area contributed by atoms with Crippen LogP contribution in [0.1, 0.15) is 35.7 Å². The lowest BCUT2D eigenvalue weighted by molar-refractivity contribution is 0.0904. The second-order valence-electron chi connectivity index (χ2n) is 7.05. The highest BCUT2D eigenvalue weighted by molar-refractivity contribution is 8.14. The van der Waals surface area contributed by atoms with Crippen molar-refractivity contribution in [1.82, 2.24) is 0 Å². The Bertz CT molecular complexity index is 870. The minimum absolute atomic E-state index is 0.0370. The van der Waals surface area contributed by atoms with E-state index in [2.05, 4.69) is 6.92 Å². The fourth-order valence-electron chi connectivity index (χ4n) is 4.07. The molecule has 0 bridgehead atoms. The molecule has 2 aliphatic rings. The molecule has 5 heteroatoms. The summed E-state index contributed by atoms with van der Waals surface area (Å²) in [6.45, 7) is 2.45. The number of fused-ring (bicyclic) bond motifs is 1. The largest absolute Gasteiger partial charge is 0.375 e. The number of ketones is 1. The fourth-order valence-corrected chi connectivity index (χ4v) is 5.40. The maximum atomic E-state index is 14.7. The van der Waals surface area contributed by atoms with Gasteiger partial charge >= 0.3 is 0 Å². The topological polar surface area (TPSA) is 38.7 Å². The fraction of sp³-hybridized carbons (Fsp3) is 0.364. The molecule has 2 heterocycles. The van der Waals surface area contributed by atoms with Crippen molar-refractivity contribution in [3.8, 4) is 0 Å². The Hall–Kier alpha value is -1.98.